The van der Waals surface area contributed by atoms with E-state index in [1.807, 2.05) is 28.8 Å². The number of carboxylic acids is 1. The first-order chi connectivity index (χ1) is 6.45. The van der Waals surface area contributed by atoms with Crippen LogP contribution in [0.2, 0.25) is 0 Å². The van der Waals surface area contributed by atoms with Gasteiger partial charge in [0.15, 0.2) is 0 Å². The van der Waals surface area contributed by atoms with Crippen molar-refractivity contribution in [1.29, 1.82) is 0 Å². The smallest absolute Gasteiger partial charge is 0.320 e. The van der Waals surface area contributed by atoms with Gasteiger partial charge in [-0.05, 0) is 18.4 Å². The molecular weight excluding hydrogens is 351 g/mol. The molecule has 8 heteroatoms. The number of primary amides is 1. The van der Waals surface area contributed by atoms with Crippen LogP contribution in [0.1, 0.15) is 6.42 Å². The van der Waals surface area contributed by atoms with E-state index in [0.29, 0.717) is 10.8 Å². The van der Waals surface area contributed by atoms with Crippen LogP contribution in [0, 0.1) is 0 Å². The summed E-state index contributed by atoms with van der Waals surface area (Å²) in [5, 5.41) is 8.27. The van der Waals surface area contributed by atoms with Crippen LogP contribution >= 0.6 is 47.8 Å². The molecule has 0 rings (SSSR count). The summed E-state index contributed by atoms with van der Waals surface area (Å²) in [7, 11) is 0. The van der Waals surface area contributed by atoms with Gasteiger partial charge in [-0.3, -0.25) is 9.59 Å². The van der Waals surface area contributed by atoms with E-state index in [4.69, 9.17) is 10.8 Å². The van der Waals surface area contributed by atoms with Crippen LogP contribution in [0.3, 0.4) is 0 Å². The second kappa shape index (κ2) is 14.3. The van der Waals surface area contributed by atoms with E-state index in [0.717, 1.165) is 5.75 Å². The van der Waals surface area contributed by atoms with Crippen molar-refractivity contribution in [2.45, 2.75) is 12.5 Å². The summed E-state index contributed by atoms with van der Waals surface area (Å²) in [6.45, 7) is 0. The number of nitrogens with two attached hydrogens (primary N) is 2. The molecule has 0 fully saturated rings. The van der Waals surface area contributed by atoms with Crippen LogP contribution in [0.25, 0.3) is 0 Å². The predicted molar refractivity (Wildman–Crippen MR) is 77.1 cm³/mol. The monoisotopic (exact) mass is 368 g/mol. The highest BCUT2D eigenvalue weighted by molar-refractivity contribution is 14.1. The molecule has 0 aliphatic heterocycles. The zero-order valence-corrected chi connectivity index (χ0v) is 12.4. The maximum absolute atomic E-state index is 10.1. The molecule has 0 aromatic carbocycles. The lowest BCUT2D eigenvalue weighted by atomic mass is 10.2. The Bertz CT molecular complexity index is 184. The van der Waals surface area contributed by atoms with Crippen molar-refractivity contribution < 1.29 is 14.7 Å². The molecule has 0 spiro atoms. The van der Waals surface area contributed by atoms with Gasteiger partial charge in [0, 0.05) is 0 Å². The number of halogens is 1. The Morgan fingerprint density at radius 3 is 2.13 bits per heavy atom. The molecule has 15 heavy (non-hydrogen) atoms. The normalized spacial score (nSPS) is 10.3. The Kier molecular flexibility index (Phi) is 19.8. The van der Waals surface area contributed by atoms with E-state index >= 15 is 0 Å². The van der Waals surface area contributed by atoms with Gasteiger partial charge in [0.25, 0.3) is 0 Å². The number of aliphatic carboxylic acids is 1. The fourth-order valence-electron chi connectivity index (χ4n) is 0.368. The minimum absolute atomic E-state index is 0. The number of thioether (sulfide) groups is 1. The van der Waals surface area contributed by atoms with E-state index in [9.17, 15) is 9.59 Å². The van der Waals surface area contributed by atoms with Gasteiger partial charge in [-0.1, -0.05) is 22.6 Å². The van der Waals surface area contributed by atoms with Gasteiger partial charge in [0.05, 0.1) is 4.43 Å². The lowest BCUT2D eigenvalue weighted by Crippen LogP contribution is -2.30. The van der Waals surface area contributed by atoms with Gasteiger partial charge in [0.1, 0.15) is 6.04 Å². The van der Waals surface area contributed by atoms with Gasteiger partial charge >= 0.3 is 5.97 Å². The van der Waals surface area contributed by atoms with E-state index in [1.54, 1.807) is 11.8 Å². The summed E-state index contributed by atoms with van der Waals surface area (Å²) in [4.78, 5) is 19.7. The molecule has 1 amide bonds. The number of carbonyl (C=O) groups is 2. The molecule has 0 radical (unpaired) electrons. The van der Waals surface area contributed by atoms with Gasteiger partial charge in [-0.15, -0.1) is 0 Å². The molecule has 92 valence electrons. The van der Waals surface area contributed by atoms with Crippen LogP contribution in [0.15, 0.2) is 0 Å². The van der Waals surface area contributed by atoms with Crippen LogP contribution in [-0.2, 0) is 9.59 Å². The number of carboxylic acid groups (broad SMARTS) is 1. The van der Waals surface area contributed by atoms with Crippen LogP contribution in [0.4, 0.5) is 0 Å². The minimum Gasteiger partial charge on any atom is -0.480 e. The standard InChI is InChI=1S/C5H11NO2S.C2H4INO.H2S/c1-9-3-2-4(6)5(7)8;3-1-2(4)5;/h4H,2-3,6H2,1H3,(H,7,8);1H2,(H2,4,5);1H2/t4-;;/m0../s1. The highest BCUT2D eigenvalue weighted by Gasteiger charge is 2.08. The summed E-state index contributed by atoms with van der Waals surface area (Å²) in [5.74, 6) is -0.359. The third kappa shape index (κ3) is 20.4. The summed E-state index contributed by atoms with van der Waals surface area (Å²) >= 11 is 3.51. The molecule has 5 N–H and O–H groups in total. The summed E-state index contributed by atoms with van der Waals surface area (Å²) in [6.07, 6.45) is 2.48. The van der Waals surface area contributed by atoms with Crippen molar-refractivity contribution in [1.82, 2.24) is 0 Å². The van der Waals surface area contributed by atoms with E-state index in [1.165, 1.54) is 0 Å². The number of hydrogen-bond donors (Lipinski definition) is 3. The van der Waals surface area contributed by atoms with E-state index < -0.39 is 12.0 Å². The number of rotatable bonds is 5. The maximum atomic E-state index is 10.1. The number of alkyl halides is 1. The Morgan fingerprint density at radius 1 is 1.53 bits per heavy atom. The summed E-state index contributed by atoms with van der Waals surface area (Å²) < 4.78 is 0.414. The highest BCUT2D eigenvalue weighted by Crippen LogP contribution is 1.97. The van der Waals surface area contributed by atoms with Crippen molar-refractivity contribution in [2.75, 3.05) is 16.4 Å². The van der Waals surface area contributed by atoms with Gasteiger partial charge in [0.2, 0.25) is 5.91 Å². The molecule has 0 aliphatic rings. The van der Waals surface area contributed by atoms with Gasteiger partial charge < -0.3 is 16.6 Å². The molecule has 0 unspecified atom stereocenters. The molecule has 5 nitrogen and oxygen atoms in total. The average Bonchev–Trinajstić information content (AvgIpc) is 2.14. The van der Waals surface area contributed by atoms with Crippen LogP contribution in [-0.4, -0.2) is 39.5 Å². The van der Waals surface area contributed by atoms with Crippen molar-refractivity contribution in [2.24, 2.45) is 11.5 Å². The number of amides is 1. The second-order valence-corrected chi connectivity index (χ2v) is 4.07. The molecular formula is C7H17IN2O3S2. The first-order valence-electron chi connectivity index (χ1n) is 3.77. The highest BCUT2D eigenvalue weighted by atomic mass is 127. The largest absolute Gasteiger partial charge is 0.480 e. The summed E-state index contributed by atoms with van der Waals surface area (Å²) in [6, 6.07) is -0.683. The third-order valence-corrected chi connectivity index (χ3v) is 2.48. The quantitative estimate of drug-likeness (QED) is 0.474. The zero-order valence-electron chi connectivity index (χ0n) is 8.40. The fraction of sp³-hybridized carbons (Fsp3) is 0.714. The maximum Gasteiger partial charge on any atom is 0.320 e. The fourth-order valence-corrected chi connectivity index (χ4v) is 0.858. The van der Waals surface area contributed by atoms with Crippen molar-refractivity contribution in [3.8, 4) is 0 Å². The van der Waals surface area contributed by atoms with E-state index in [2.05, 4.69) is 5.73 Å². The Balaban J connectivity index is -0.000000208. The minimum atomic E-state index is -0.913. The zero-order chi connectivity index (χ0) is 11.6. The molecule has 0 bridgehead atoms. The molecule has 0 aliphatic carbocycles. The summed E-state index contributed by atoms with van der Waals surface area (Å²) in [5.41, 5.74) is 9.83. The van der Waals surface area contributed by atoms with Gasteiger partial charge in [-0.25, -0.2) is 0 Å². The van der Waals surface area contributed by atoms with Crippen LogP contribution < -0.4 is 11.5 Å². The second-order valence-electron chi connectivity index (χ2n) is 2.33. The first kappa shape index (κ1) is 20.7. The Labute approximate surface area is 114 Å². The Morgan fingerprint density at radius 2 is 1.93 bits per heavy atom. The van der Waals surface area contributed by atoms with Gasteiger partial charge in [-0.2, -0.15) is 25.3 Å². The SMILES string of the molecule is CSCC[C@H](N)C(=O)O.NC(=O)CI.S. The molecule has 0 saturated carbocycles. The predicted octanol–water partition coefficient (Wildman–Crippen LogP) is 0.171. The molecule has 0 aromatic heterocycles. The molecule has 0 saturated heterocycles. The third-order valence-electron chi connectivity index (χ3n) is 1.08. The average molecular weight is 368 g/mol. The first-order valence-corrected chi connectivity index (χ1v) is 6.69. The number of carbonyl (C=O) groups excluding carboxylic acids is 1. The van der Waals surface area contributed by atoms with Crippen molar-refractivity contribution >= 4 is 59.7 Å². The van der Waals surface area contributed by atoms with Crippen molar-refractivity contribution in [3.63, 3.8) is 0 Å². The topological polar surface area (TPSA) is 106 Å². The molecule has 0 aromatic rings. The van der Waals surface area contributed by atoms with Crippen LogP contribution in [0.5, 0.6) is 0 Å². The lowest BCUT2D eigenvalue weighted by Gasteiger charge is -2.02. The number of hydrogen-bond acceptors (Lipinski definition) is 4. The molecule has 0 heterocycles. The molecule has 1 atom stereocenters. The Hall–Kier alpha value is 0.330. The van der Waals surface area contributed by atoms with E-state index in [-0.39, 0.29) is 19.4 Å². The van der Waals surface area contributed by atoms with Crippen molar-refractivity contribution in [3.05, 3.63) is 0 Å². The lowest BCUT2D eigenvalue weighted by molar-refractivity contribution is -0.138.